The number of aromatic nitrogens is 3. The first-order valence-corrected chi connectivity index (χ1v) is 8.44. The van der Waals surface area contributed by atoms with Crippen LogP contribution >= 0.6 is 0 Å². The van der Waals surface area contributed by atoms with E-state index in [-0.39, 0.29) is 23.9 Å². The molecule has 1 saturated heterocycles. The highest BCUT2D eigenvalue weighted by Crippen LogP contribution is 2.14. The predicted molar refractivity (Wildman–Crippen MR) is 95.2 cm³/mol. The molecule has 0 radical (unpaired) electrons. The number of likely N-dealkylation sites (N-methyl/N-ethyl adjacent to an activating group) is 1. The van der Waals surface area contributed by atoms with Crippen LogP contribution in [-0.2, 0) is 11.2 Å². The molecule has 1 N–H and O–H groups in total. The van der Waals surface area contributed by atoms with Gasteiger partial charge in [-0.15, -0.1) is 0 Å². The van der Waals surface area contributed by atoms with Crippen LogP contribution < -0.4 is 5.56 Å². The minimum Gasteiger partial charge on any atom is -0.337 e. The van der Waals surface area contributed by atoms with Gasteiger partial charge in [-0.1, -0.05) is 0 Å². The molecule has 0 bridgehead atoms. The molecule has 0 spiro atoms. The van der Waals surface area contributed by atoms with Crippen molar-refractivity contribution in [2.24, 2.45) is 0 Å². The summed E-state index contributed by atoms with van der Waals surface area (Å²) in [5.41, 5.74) is 1.50. The number of hydrogen-bond donors (Lipinski definition) is 1. The number of hydrogen-bond acceptors (Lipinski definition) is 5. The number of H-pyrrole nitrogens is 1. The molecule has 0 aromatic carbocycles. The number of piperazine rings is 1. The number of amides is 1. The fourth-order valence-electron chi connectivity index (χ4n) is 3.22. The van der Waals surface area contributed by atoms with E-state index in [1.807, 2.05) is 24.9 Å². The van der Waals surface area contributed by atoms with E-state index in [1.165, 1.54) is 0 Å². The minimum absolute atomic E-state index is 0.0230. The second kappa shape index (κ2) is 7.14. The first kappa shape index (κ1) is 17.3. The zero-order valence-corrected chi connectivity index (χ0v) is 14.8. The van der Waals surface area contributed by atoms with E-state index < -0.39 is 0 Å². The normalized spacial score (nSPS) is 18.4. The maximum Gasteiger partial charge on any atom is 0.255 e. The third-order valence-corrected chi connectivity index (χ3v) is 4.64. The largest absolute Gasteiger partial charge is 0.337 e. The van der Waals surface area contributed by atoms with Crippen molar-refractivity contribution in [1.29, 1.82) is 0 Å². The lowest BCUT2D eigenvalue weighted by Gasteiger charge is -2.38. The molecule has 0 unspecified atom stereocenters. The summed E-state index contributed by atoms with van der Waals surface area (Å²) >= 11 is 0. The first-order chi connectivity index (χ1) is 12.0. The topological polar surface area (TPSA) is 82.2 Å². The van der Waals surface area contributed by atoms with Gasteiger partial charge in [0.05, 0.1) is 6.42 Å². The summed E-state index contributed by atoms with van der Waals surface area (Å²) in [6.45, 7) is 6.19. The third-order valence-electron chi connectivity index (χ3n) is 4.64. The average Bonchev–Trinajstić information content (AvgIpc) is 2.58. The molecule has 2 aromatic heterocycles. The van der Waals surface area contributed by atoms with Crippen LogP contribution in [0.1, 0.15) is 18.2 Å². The van der Waals surface area contributed by atoms with Crippen molar-refractivity contribution in [2.75, 3.05) is 26.7 Å². The number of rotatable bonds is 3. The Bertz CT molecular complexity index is 818. The van der Waals surface area contributed by atoms with Gasteiger partial charge in [-0.2, -0.15) is 0 Å². The number of pyridine rings is 1. The van der Waals surface area contributed by atoms with Gasteiger partial charge < -0.3 is 14.8 Å². The van der Waals surface area contributed by atoms with Crippen LogP contribution in [-0.4, -0.2) is 63.4 Å². The second-order valence-corrected chi connectivity index (χ2v) is 6.60. The molecule has 7 heteroatoms. The molecule has 132 valence electrons. The van der Waals surface area contributed by atoms with Crippen LogP contribution in [0.25, 0.3) is 11.4 Å². The van der Waals surface area contributed by atoms with Crippen LogP contribution in [0, 0.1) is 6.92 Å². The van der Waals surface area contributed by atoms with Crippen molar-refractivity contribution in [3.8, 4) is 11.4 Å². The van der Waals surface area contributed by atoms with Gasteiger partial charge in [0.1, 0.15) is 5.82 Å². The Morgan fingerprint density at radius 1 is 1.40 bits per heavy atom. The van der Waals surface area contributed by atoms with E-state index in [0.29, 0.717) is 23.6 Å². The number of nitrogens with one attached hydrogen (secondary N) is 1. The van der Waals surface area contributed by atoms with Crippen LogP contribution in [0.4, 0.5) is 0 Å². The number of aryl methyl sites for hydroxylation is 1. The van der Waals surface area contributed by atoms with E-state index in [4.69, 9.17) is 0 Å². The second-order valence-electron chi connectivity index (χ2n) is 6.60. The molecule has 7 nitrogen and oxygen atoms in total. The summed E-state index contributed by atoms with van der Waals surface area (Å²) in [5, 5.41) is 0. The highest BCUT2D eigenvalue weighted by atomic mass is 16.2. The Hall–Kier alpha value is -2.54. The molecule has 1 fully saturated rings. The monoisotopic (exact) mass is 341 g/mol. The summed E-state index contributed by atoms with van der Waals surface area (Å²) in [6, 6.07) is 3.77. The lowest BCUT2D eigenvalue weighted by atomic mass is 10.1. The number of aromatic amines is 1. The van der Waals surface area contributed by atoms with E-state index >= 15 is 0 Å². The Morgan fingerprint density at radius 2 is 2.20 bits per heavy atom. The summed E-state index contributed by atoms with van der Waals surface area (Å²) in [4.78, 5) is 40.5. The Morgan fingerprint density at radius 3 is 2.84 bits per heavy atom. The average molecular weight is 341 g/mol. The number of nitrogens with zero attached hydrogens (tertiary/aromatic N) is 4. The van der Waals surface area contributed by atoms with Gasteiger partial charge in [0.25, 0.3) is 5.56 Å². The minimum atomic E-state index is -0.263. The standard InChI is InChI=1S/C18H23N5O2/c1-12-11-22(3)7-8-23(12)16(24)9-15-13(2)20-17(21-18(15)25)14-5-4-6-19-10-14/h4-6,10,12H,7-9,11H2,1-3H3,(H,20,21,25)/t12-/m0/s1. The molecule has 0 saturated carbocycles. The maximum absolute atomic E-state index is 12.7. The quantitative estimate of drug-likeness (QED) is 0.895. The molecule has 1 atom stereocenters. The lowest BCUT2D eigenvalue weighted by molar-refractivity contribution is -0.134. The first-order valence-electron chi connectivity index (χ1n) is 8.44. The van der Waals surface area contributed by atoms with Crippen LogP contribution in [0.3, 0.4) is 0 Å². The van der Waals surface area contributed by atoms with Crippen LogP contribution in [0.5, 0.6) is 0 Å². The van der Waals surface area contributed by atoms with Crippen molar-refractivity contribution in [2.45, 2.75) is 26.3 Å². The molecule has 1 aliphatic rings. The number of carbonyl (C=O) groups excluding carboxylic acids is 1. The van der Waals surface area contributed by atoms with E-state index in [9.17, 15) is 9.59 Å². The van der Waals surface area contributed by atoms with E-state index in [1.54, 1.807) is 25.4 Å². The van der Waals surface area contributed by atoms with Gasteiger partial charge in [0, 0.05) is 54.9 Å². The smallest absolute Gasteiger partial charge is 0.255 e. The Kier molecular flexibility index (Phi) is 4.94. The zero-order valence-electron chi connectivity index (χ0n) is 14.8. The SMILES string of the molecule is Cc1nc(-c2cccnc2)[nH]c(=O)c1CC(=O)N1CCN(C)C[C@@H]1C. The van der Waals surface area contributed by atoms with Gasteiger partial charge in [0.2, 0.25) is 5.91 Å². The number of carbonyl (C=O) groups is 1. The molecule has 1 aliphatic heterocycles. The van der Waals surface area contributed by atoms with Crippen LogP contribution in [0.15, 0.2) is 29.3 Å². The molecule has 3 rings (SSSR count). The summed E-state index contributed by atoms with van der Waals surface area (Å²) in [5.74, 6) is 0.449. The molecule has 0 aliphatic carbocycles. The van der Waals surface area contributed by atoms with Crippen LogP contribution in [0.2, 0.25) is 0 Å². The van der Waals surface area contributed by atoms with E-state index in [0.717, 1.165) is 18.7 Å². The van der Waals surface area contributed by atoms with E-state index in [2.05, 4.69) is 19.9 Å². The molecule has 3 heterocycles. The fraction of sp³-hybridized carbons (Fsp3) is 0.444. The summed E-state index contributed by atoms with van der Waals surface area (Å²) < 4.78 is 0. The lowest BCUT2D eigenvalue weighted by Crippen LogP contribution is -2.53. The highest BCUT2D eigenvalue weighted by Gasteiger charge is 2.26. The van der Waals surface area contributed by atoms with Crippen molar-refractivity contribution < 1.29 is 4.79 Å². The zero-order chi connectivity index (χ0) is 18.0. The highest BCUT2D eigenvalue weighted by molar-refractivity contribution is 5.79. The molecular formula is C18H23N5O2. The molecule has 2 aromatic rings. The molecule has 25 heavy (non-hydrogen) atoms. The predicted octanol–water partition coefficient (Wildman–Crippen LogP) is 0.845. The van der Waals surface area contributed by atoms with Gasteiger partial charge >= 0.3 is 0 Å². The third kappa shape index (κ3) is 3.76. The molecular weight excluding hydrogens is 318 g/mol. The van der Waals surface area contributed by atoms with Gasteiger partial charge in [-0.25, -0.2) is 4.98 Å². The van der Waals surface area contributed by atoms with Gasteiger partial charge in [0.15, 0.2) is 0 Å². The molecule has 1 amide bonds. The van der Waals surface area contributed by atoms with Crippen molar-refractivity contribution >= 4 is 5.91 Å². The van der Waals surface area contributed by atoms with Crippen molar-refractivity contribution in [3.05, 3.63) is 46.1 Å². The van der Waals surface area contributed by atoms with Crippen molar-refractivity contribution in [3.63, 3.8) is 0 Å². The Labute approximate surface area is 146 Å². The fourth-order valence-corrected chi connectivity index (χ4v) is 3.22. The van der Waals surface area contributed by atoms with Gasteiger partial charge in [-0.05, 0) is 33.0 Å². The van der Waals surface area contributed by atoms with Gasteiger partial charge in [-0.3, -0.25) is 14.6 Å². The Balaban J connectivity index is 1.81. The summed E-state index contributed by atoms with van der Waals surface area (Å²) in [7, 11) is 2.05. The maximum atomic E-state index is 12.7. The summed E-state index contributed by atoms with van der Waals surface area (Å²) in [6.07, 6.45) is 3.39. The van der Waals surface area contributed by atoms with Crippen molar-refractivity contribution in [1.82, 2.24) is 24.8 Å².